The summed E-state index contributed by atoms with van der Waals surface area (Å²) in [6.45, 7) is 4.16. The summed E-state index contributed by atoms with van der Waals surface area (Å²) in [5.74, 6) is 0.651. The van der Waals surface area contributed by atoms with Gasteiger partial charge >= 0.3 is 0 Å². The maximum atomic E-state index is 11.9. The lowest BCUT2D eigenvalue weighted by Gasteiger charge is -2.16. The number of halogens is 1. The number of likely N-dealkylation sites (tertiary alicyclic amines) is 1. The molecule has 0 aliphatic carbocycles. The number of hydrogen-bond acceptors (Lipinski definition) is 2. The molecule has 19 heavy (non-hydrogen) atoms. The van der Waals surface area contributed by atoms with Crippen molar-refractivity contribution in [3.63, 3.8) is 0 Å². The number of carbonyl (C=O) groups is 1. The molecule has 1 amide bonds. The lowest BCUT2D eigenvalue weighted by atomic mass is 9.97. The zero-order valence-electron chi connectivity index (χ0n) is 11.5. The first-order chi connectivity index (χ1) is 9.10. The average Bonchev–Trinajstić information content (AvgIpc) is 2.72. The number of carbonyl (C=O) groups excluding carboxylic acids is 1. The first kappa shape index (κ1) is 14.4. The maximum absolute atomic E-state index is 11.9. The molecule has 1 fully saturated rings. The van der Waals surface area contributed by atoms with E-state index in [1.165, 1.54) is 5.56 Å². The molecule has 1 aliphatic heterocycles. The van der Waals surface area contributed by atoms with Crippen LogP contribution < -0.4 is 0 Å². The van der Waals surface area contributed by atoms with Gasteiger partial charge < -0.3 is 9.64 Å². The Labute approximate surface area is 119 Å². The number of aryl methyl sites for hydroxylation is 1. The molecule has 4 heteroatoms. The monoisotopic (exact) mass is 281 g/mol. The minimum Gasteiger partial charge on any atom is -0.383 e. The second-order valence-electron chi connectivity index (χ2n) is 5.19. The van der Waals surface area contributed by atoms with E-state index in [4.69, 9.17) is 16.3 Å². The summed E-state index contributed by atoms with van der Waals surface area (Å²) >= 11 is 6.02. The Morgan fingerprint density at radius 2 is 2.26 bits per heavy atom. The Hall–Kier alpha value is -1.06. The van der Waals surface area contributed by atoms with Crippen LogP contribution in [0.25, 0.3) is 0 Å². The van der Waals surface area contributed by atoms with Crippen LogP contribution in [0.5, 0.6) is 0 Å². The third kappa shape index (κ3) is 3.71. The van der Waals surface area contributed by atoms with Crippen molar-refractivity contribution < 1.29 is 9.53 Å². The van der Waals surface area contributed by atoms with Gasteiger partial charge in [0.2, 0.25) is 5.91 Å². The van der Waals surface area contributed by atoms with Crippen molar-refractivity contribution in [2.75, 3.05) is 26.8 Å². The topological polar surface area (TPSA) is 29.5 Å². The van der Waals surface area contributed by atoms with Gasteiger partial charge in [0.25, 0.3) is 0 Å². The number of nitrogens with zero attached hydrogens (tertiary/aromatic N) is 1. The van der Waals surface area contributed by atoms with Crippen LogP contribution in [0.1, 0.15) is 17.5 Å². The van der Waals surface area contributed by atoms with Crippen molar-refractivity contribution in [2.45, 2.75) is 19.8 Å². The van der Waals surface area contributed by atoms with E-state index < -0.39 is 0 Å². The zero-order chi connectivity index (χ0) is 13.8. The lowest BCUT2D eigenvalue weighted by Crippen LogP contribution is -2.28. The van der Waals surface area contributed by atoms with Gasteiger partial charge in [0, 0.05) is 31.6 Å². The molecule has 0 radical (unpaired) electrons. The molecule has 1 atom stereocenters. The van der Waals surface area contributed by atoms with Gasteiger partial charge in [-0.1, -0.05) is 23.7 Å². The molecule has 1 heterocycles. The van der Waals surface area contributed by atoms with Gasteiger partial charge in [-0.3, -0.25) is 4.79 Å². The third-order valence-electron chi connectivity index (χ3n) is 3.61. The molecule has 0 aromatic heterocycles. The minimum atomic E-state index is 0.243. The highest BCUT2D eigenvalue weighted by atomic mass is 35.5. The number of methoxy groups -OCH3 is 1. The summed E-state index contributed by atoms with van der Waals surface area (Å²) in [4.78, 5) is 13.8. The first-order valence-electron chi connectivity index (χ1n) is 6.62. The van der Waals surface area contributed by atoms with Crippen LogP contribution in [0, 0.1) is 12.8 Å². The van der Waals surface area contributed by atoms with E-state index in [0.29, 0.717) is 25.5 Å². The fourth-order valence-corrected chi connectivity index (χ4v) is 2.69. The predicted octanol–water partition coefficient (Wildman–Crippen LogP) is 2.69. The molecular formula is C15H20ClNO2. The fraction of sp³-hybridized carbons (Fsp3) is 0.533. The summed E-state index contributed by atoms with van der Waals surface area (Å²) in [7, 11) is 1.66. The molecule has 0 saturated carbocycles. The minimum absolute atomic E-state index is 0.243. The van der Waals surface area contributed by atoms with Crippen LogP contribution in [0.4, 0.5) is 0 Å². The van der Waals surface area contributed by atoms with Crippen LogP contribution >= 0.6 is 11.6 Å². The van der Waals surface area contributed by atoms with Crippen LogP contribution in [0.3, 0.4) is 0 Å². The number of hydrogen-bond donors (Lipinski definition) is 0. The van der Waals surface area contributed by atoms with Gasteiger partial charge in [-0.05, 0) is 36.5 Å². The van der Waals surface area contributed by atoms with Gasteiger partial charge in [0.1, 0.15) is 0 Å². The van der Waals surface area contributed by atoms with E-state index in [2.05, 4.69) is 12.1 Å². The standard InChI is InChI=1S/C15H20ClNO2/c1-11-7-12(3-4-14(11)16)8-13-9-15(18)17(10-13)5-6-19-2/h3-4,7,13H,5-6,8-10H2,1-2H3/t13-/m0/s1. The second kappa shape index (κ2) is 6.40. The van der Waals surface area contributed by atoms with Crippen LogP contribution in [0.15, 0.2) is 18.2 Å². The van der Waals surface area contributed by atoms with Crippen molar-refractivity contribution in [3.05, 3.63) is 34.3 Å². The Bertz CT molecular complexity index is 461. The molecule has 1 saturated heterocycles. The third-order valence-corrected chi connectivity index (χ3v) is 4.03. The van der Waals surface area contributed by atoms with Crippen LogP contribution in [0.2, 0.25) is 5.02 Å². The summed E-state index contributed by atoms with van der Waals surface area (Å²) in [5, 5.41) is 0.799. The lowest BCUT2D eigenvalue weighted by molar-refractivity contribution is -0.128. The molecule has 1 aliphatic rings. The summed E-state index contributed by atoms with van der Waals surface area (Å²) in [5.41, 5.74) is 2.35. The highest BCUT2D eigenvalue weighted by Gasteiger charge is 2.29. The molecule has 104 valence electrons. The van der Waals surface area contributed by atoms with E-state index in [-0.39, 0.29) is 5.91 Å². The van der Waals surface area contributed by atoms with Crippen LogP contribution in [-0.2, 0) is 16.0 Å². The second-order valence-corrected chi connectivity index (χ2v) is 5.60. The Balaban J connectivity index is 1.93. The first-order valence-corrected chi connectivity index (χ1v) is 6.99. The van der Waals surface area contributed by atoms with Crippen molar-refractivity contribution in [3.8, 4) is 0 Å². The Morgan fingerprint density at radius 3 is 2.95 bits per heavy atom. The molecule has 2 rings (SSSR count). The molecule has 1 aromatic carbocycles. The molecule has 0 bridgehead atoms. The van der Waals surface area contributed by atoms with Crippen LogP contribution in [-0.4, -0.2) is 37.6 Å². The summed E-state index contributed by atoms with van der Waals surface area (Å²) in [6, 6.07) is 6.11. The van der Waals surface area contributed by atoms with Crippen molar-refractivity contribution in [2.24, 2.45) is 5.92 Å². The maximum Gasteiger partial charge on any atom is 0.223 e. The summed E-state index contributed by atoms with van der Waals surface area (Å²) < 4.78 is 5.03. The van der Waals surface area contributed by atoms with E-state index in [9.17, 15) is 4.79 Å². The van der Waals surface area contributed by atoms with Gasteiger partial charge in [0.05, 0.1) is 6.61 Å². The zero-order valence-corrected chi connectivity index (χ0v) is 12.2. The molecule has 0 N–H and O–H groups in total. The average molecular weight is 282 g/mol. The van der Waals surface area contributed by atoms with E-state index in [0.717, 1.165) is 23.6 Å². The van der Waals surface area contributed by atoms with Crippen molar-refractivity contribution >= 4 is 17.5 Å². The molecule has 0 spiro atoms. The quantitative estimate of drug-likeness (QED) is 0.830. The smallest absolute Gasteiger partial charge is 0.223 e. The van der Waals surface area contributed by atoms with Crippen molar-refractivity contribution in [1.29, 1.82) is 0 Å². The summed E-state index contributed by atoms with van der Waals surface area (Å²) in [6.07, 6.45) is 1.58. The Morgan fingerprint density at radius 1 is 1.47 bits per heavy atom. The highest BCUT2D eigenvalue weighted by Crippen LogP contribution is 2.24. The van der Waals surface area contributed by atoms with Crippen molar-refractivity contribution in [1.82, 2.24) is 4.90 Å². The van der Waals surface area contributed by atoms with E-state index in [1.54, 1.807) is 7.11 Å². The fourth-order valence-electron chi connectivity index (χ4n) is 2.58. The van der Waals surface area contributed by atoms with Gasteiger partial charge in [-0.15, -0.1) is 0 Å². The SMILES string of the molecule is COCCN1C[C@@H](Cc2ccc(Cl)c(C)c2)CC1=O. The Kier molecular flexibility index (Phi) is 4.83. The highest BCUT2D eigenvalue weighted by molar-refractivity contribution is 6.31. The van der Waals surface area contributed by atoms with Gasteiger partial charge in [-0.25, -0.2) is 0 Å². The van der Waals surface area contributed by atoms with Gasteiger partial charge in [0.15, 0.2) is 0 Å². The number of rotatable bonds is 5. The number of ether oxygens (including phenoxy) is 1. The largest absolute Gasteiger partial charge is 0.383 e. The predicted molar refractivity (Wildman–Crippen MR) is 76.5 cm³/mol. The number of benzene rings is 1. The van der Waals surface area contributed by atoms with E-state index >= 15 is 0 Å². The molecule has 3 nitrogen and oxygen atoms in total. The molecule has 0 unspecified atom stereocenters. The molecular weight excluding hydrogens is 262 g/mol. The van der Waals surface area contributed by atoms with Gasteiger partial charge in [-0.2, -0.15) is 0 Å². The normalized spacial score (nSPS) is 19.2. The van der Waals surface area contributed by atoms with E-state index in [1.807, 2.05) is 17.9 Å². The number of amides is 1. The molecule has 1 aromatic rings.